The highest BCUT2D eigenvalue weighted by Crippen LogP contribution is 2.37. The van der Waals surface area contributed by atoms with Gasteiger partial charge in [-0.1, -0.05) is 0 Å². The third-order valence-electron chi connectivity index (χ3n) is 5.87. The van der Waals surface area contributed by atoms with E-state index in [9.17, 15) is 4.79 Å². The third-order valence-corrected chi connectivity index (χ3v) is 5.87. The van der Waals surface area contributed by atoms with Crippen LogP contribution >= 0.6 is 0 Å². The van der Waals surface area contributed by atoms with Gasteiger partial charge in [0, 0.05) is 56.6 Å². The lowest BCUT2D eigenvalue weighted by atomic mass is 9.96. The number of aryl methyl sites for hydroxylation is 2. The first kappa shape index (κ1) is 20.3. The number of hydrogen-bond donors (Lipinski definition) is 0. The monoisotopic (exact) mass is 408 g/mol. The lowest BCUT2D eigenvalue weighted by molar-refractivity contribution is -0.133. The molecule has 2 aliphatic heterocycles. The molecule has 0 atom stereocenters. The number of fused-ring (bicyclic) bond motifs is 1. The number of ether oxygens (including phenoxy) is 1. The smallest absolute Gasteiger partial charge is 0.222 e. The number of aromatic nitrogens is 3. The van der Waals surface area contributed by atoms with Crippen molar-refractivity contribution in [3.8, 4) is 18.2 Å². The van der Waals surface area contributed by atoms with Crippen LogP contribution in [-0.4, -0.2) is 50.8 Å². The quantitative estimate of drug-likeness (QED) is 0.627. The van der Waals surface area contributed by atoms with E-state index >= 15 is 0 Å². The summed E-state index contributed by atoms with van der Waals surface area (Å²) < 4.78 is 7.86. The molecule has 0 spiro atoms. The molecule has 2 aromatic rings. The van der Waals surface area contributed by atoms with E-state index in [2.05, 4.69) is 26.2 Å². The van der Waals surface area contributed by atoms with Gasteiger partial charge in [0.25, 0.3) is 0 Å². The molecule has 4 heterocycles. The van der Waals surface area contributed by atoms with Crippen LogP contribution in [0.4, 0.5) is 0 Å². The summed E-state index contributed by atoms with van der Waals surface area (Å²) in [5.41, 5.74) is 2.24. The van der Waals surface area contributed by atoms with Gasteiger partial charge in [-0.3, -0.25) is 4.79 Å². The summed E-state index contributed by atoms with van der Waals surface area (Å²) in [4.78, 5) is 19.0. The Morgan fingerprint density at radius 1 is 1.23 bits per heavy atom. The SMILES string of the molecule is C#CCCC1(CCC(=O)N2CCC(COc3cc(C)nc4cc(C)nn34)CC2)N=N1. The van der Waals surface area contributed by atoms with Crippen molar-refractivity contribution in [1.29, 1.82) is 0 Å². The summed E-state index contributed by atoms with van der Waals surface area (Å²) in [5, 5.41) is 12.7. The van der Waals surface area contributed by atoms with Gasteiger partial charge in [-0.05, 0) is 32.6 Å². The third kappa shape index (κ3) is 4.61. The summed E-state index contributed by atoms with van der Waals surface area (Å²) in [5.74, 6) is 3.95. The Hall–Kier alpha value is -2.95. The van der Waals surface area contributed by atoms with Crippen LogP contribution in [0.15, 0.2) is 22.4 Å². The zero-order valence-electron chi connectivity index (χ0n) is 17.7. The van der Waals surface area contributed by atoms with Gasteiger partial charge in [0.15, 0.2) is 11.3 Å². The molecule has 8 heteroatoms. The number of nitrogens with zero attached hydrogens (tertiary/aromatic N) is 6. The van der Waals surface area contributed by atoms with Crippen LogP contribution in [0.3, 0.4) is 0 Å². The normalized spacial score (nSPS) is 17.8. The minimum atomic E-state index is -0.382. The molecule has 158 valence electrons. The fourth-order valence-electron chi connectivity index (χ4n) is 3.97. The number of hydrogen-bond acceptors (Lipinski definition) is 6. The van der Waals surface area contributed by atoms with Crippen LogP contribution in [-0.2, 0) is 4.79 Å². The molecule has 0 radical (unpaired) electrons. The highest BCUT2D eigenvalue weighted by atomic mass is 16.5. The van der Waals surface area contributed by atoms with E-state index in [1.807, 2.05) is 30.9 Å². The average Bonchev–Trinajstić information content (AvgIpc) is 3.41. The first-order chi connectivity index (χ1) is 14.5. The average molecular weight is 409 g/mol. The Labute approximate surface area is 176 Å². The molecule has 8 nitrogen and oxygen atoms in total. The maximum atomic E-state index is 12.6. The zero-order chi connectivity index (χ0) is 21.1. The van der Waals surface area contributed by atoms with E-state index in [0.29, 0.717) is 31.8 Å². The number of rotatable bonds is 8. The molecular formula is C22H28N6O2. The van der Waals surface area contributed by atoms with E-state index < -0.39 is 0 Å². The molecule has 0 aliphatic carbocycles. The van der Waals surface area contributed by atoms with Gasteiger partial charge in [0.05, 0.1) is 12.3 Å². The van der Waals surface area contributed by atoms with Crippen LogP contribution in [0, 0.1) is 32.1 Å². The minimum Gasteiger partial charge on any atom is -0.477 e. The van der Waals surface area contributed by atoms with Gasteiger partial charge in [0.2, 0.25) is 11.8 Å². The summed E-state index contributed by atoms with van der Waals surface area (Å²) in [6, 6.07) is 3.87. The van der Waals surface area contributed by atoms with Gasteiger partial charge in [0.1, 0.15) is 0 Å². The Balaban J connectivity index is 1.23. The van der Waals surface area contributed by atoms with Crippen molar-refractivity contribution in [3.05, 3.63) is 23.5 Å². The van der Waals surface area contributed by atoms with Gasteiger partial charge in [-0.25, -0.2) is 4.98 Å². The molecule has 0 N–H and O–H groups in total. The number of carbonyl (C=O) groups is 1. The molecule has 0 saturated carbocycles. The van der Waals surface area contributed by atoms with E-state index in [4.69, 9.17) is 11.2 Å². The number of amides is 1. The molecule has 2 aromatic heterocycles. The molecule has 1 fully saturated rings. The van der Waals surface area contributed by atoms with Crippen LogP contribution in [0.5, 0.6) is 5.88 Å². The van der Waals surface area contributed by atoms with Crippen molar-refractivity contribution in [1.82, 2.24) is 19.5 Å². The highest BCUT2D eigenvalue weighted by molar-refractivity contribution is 5.76. The van der Waals surface area contributed by atoms with Crippen LogP contribution in [0.2, 0.25) is 0 Å². The van der Waals surface area contributed by atoms with Gasteiger partial charge in [-0.15, -0.1) is 12.3 Å². The maximum Gasteiger partial charge on any atom is 0.222 e. The predicted molar refractivity (Wildman–Crippen MR) is 112 cm³/mol. The second kappa shape index (κ2) is 8.42. The second-order valence-electron chi connectivity index (χ2n) is 8.31. The first-order valence-corrected chi connectivity index (χ1v) is 10.6. The van der Waals surface area contributed by atoms with E-state index in [1.165, 1.54) is 0 Å². The first-order valence-electron chi connectivity index (χ1n) is 10.6. The van der Waals surface area contributed by atoms with Crippen molar-refractivity contribution < 1.29 is 9.53 Å². The Morgan fingerprint density at radius 2 is 2.00 bits per heavy atom. The lowest BCUT2D eigenvalue weighted by Gasteiger charge is -2.32. The van der Waals surface area contributed by atoms with E-state index in [0.717, 1.165) is 55.3 Å². The molecular weight excluding hydrogens is 380 g/mol. The fourth-order valence-corrected chi connectivity index (χ4v) is 3.97. The van der Waals surface area contributed by atoms with E-state index in [-0.39, 0.29) is 11.6 Å². The van der Waals surface area contributed by atoms with Gasteiger partial charge >= 0.3 is 0 Å². The number of terminal acetylenes is 1. The fraction of sp³-hybridized carbons (Fsp3) is 0.591. The number of piperidine rings is 1. The molecule has 30 heavy (non-hydrogen) atoms. The number of likely N-dealkylation sites (tertiary alicyclic amines) is 1. The van der Waals surface area contributed by atoms with Crippen molar-refractivity contribution in [2.24, 2.45) is 16.1 Å². The molecule has 1 saturated heterocycles. The van der Waals surface area contributed by atoms with Crippen molar-refractivity contribution in [2.75, 3.05) is 19.7 Å². The standard InChI is InChI=1S/C22H28N6O2/c1-4-5-9-22(25-26-22)10-6-20(29)27-11-7-18(8-12-27)15-30-21-14-16(2)23-19-13-17(3)24-28(19)21/h1,13-14,18H,5-12,15H2,2-3H3. The van der Waals surface area contributed by atoms with E-state index in [1.54, 1.807) is 4.52 Å². The van der Waals surface area contributed by atoms with Gasteiger partial charge in [-0.2, -0.15) is 19.8 Å². The molecule has 0 bridgehead atoms. The number of carbonyl (C=O) groups excluding carboxylic acids is 1. The highest BCUT2D eigenvalue weighted by Gasteiger charge is 2.39. The molecule has 4 rings (SSSR count). The van der Waals surface area contributed by atoms with Crippen molar-refractivity contribution >= 4 is 11.6 Å². The summed E-state index contributed by atoms with van der Waals surface area (Å²) in [6.45, 7) is 6.06. The van der Waals surface area contributed by atoms with Crippen LogP contribution < -0.4 is 4.74 Å². The zero-order valence-corrected chi connectivity index (χ0v) is 17.7. The van der Waals surface area contributed by atoms with Crippen molar-refractivity contribution in [3.63, 3.8) is 0 Å². The topological polar surface area (TPSA) is 84.5 Å². The largest absolute Gasteiger partial charge is 0.477 e. The molecule has 0 unspecified atom stereocenters. The minimum absolute atomic E-state index is 0.185. The van der Waals surface area contributed by atoms with Crippen molar-refractivity contribution in [2.45, 2.75) is 58.0 Å². The Kier molecular flexibility index (Phi) is 5.71. The predicted octanol–water partition coefficient (Wildman–Crippen LogP) is 3.32. The molecule has 0 aromatic carbocycles. The van der Waals surface area contributed by atoms with Crippen LogP contribution in [0.1, 0.15) is 49.9 Å². The second-order valence-corrected chi connectivity index (χ2v) is 8.31. The lowest BCUT2D eigenvalue weighted by Crippen LogP contribution is -2.40. The summed E-state index contributed by atoms with van der Waals surface area (Å²) >= 11 is 0. The maximum absolute atomic E-state index is 12.6. The molecule has 2 aliphatic rings. The summed E-state index contributed by atoms with van der Waals surface area (Å²) in [6.07, 6.45) is 9.73. The Morgan fingerprint density at radius 3 is 2.70 bits per heavy atom. The Bertz CT molecular complexity index is 991. The molecule has 1 amide bonds. The summed E-state index contributed by atoms with van der Waals surface area (Å²) in [7, 11) is 0. The van der Waals surface area contributed by atoms with Crippen LogP contribution in [0.25, 0.3) is 5.65 Å². The van der Waals surface area contributed by atoms with Gasteiger partial charge < -0.3 is 9.64 Å².